The second kappa shape index (κ2) is 9.08. The summed E-state index contributed by atoms with van der Waals surface area (Å²) in [6, 6.07) is 9.65. The van der Waals surface area contributed by atoms with Crippen LogP contribution in [-0.4, -0.2) is 63.8 Å². The van der Waals surface area contributed by atoms with Gasteiger partial charge in [0, 0.05) is 36.4 Å². The largest absolute Gasteiger partial charge is 0.369 e. The number of benzene rings is 1. The molecule has 156 valence electrons. The first-order valence-corrected chi connectivity index (χ1v) is 11.6. The average Bonchev–Trinajstić information content (AvgIpc) is 2.65. The average molecular weight is 416 g/mol. The Morgan fingerprint density at radius 2 is 2.10 bits per heavy atom. The lowest BCUT2D eigenvalue weighted by molar-refractivity contribution is 0.380. The lowest BCUT2D eigenvalue weighted by atomic mass is 9.95. The van der Waals surface area contributed by atoms with Gasteiger partial charge in [-0.3, -0.25) is 4.98 Å². The normalized spacial score (nSPS) is 20.2. The quantitative estimate of drug-likeness (QED) is 0.746. The van der Waals surface area contributed by atoms with E-state index in [2.05, 4.69) is 27.6 Å². The van der Waals surface area contributed by atoms with Crippen molar-refractivity contribution in [3.05, 3.63) is 36.0 Å². The highest BCUT2D eigenvalue weighted by molar-refractivity contribution is 7.89. The third kappa shape index (κ3) is 5.44. The Morgan fingerprint density at radius 3 is 2.83 bits per heavy atom. The predicted octanol–water partition coefficient (Wildman–Crippen LogP) is 2.19. The number of fused-ring (bicyclic) bond motifs is 1. The van der Waals surface area contributed by atoms with Gasteiger partial charge in [0.2, 0.25) is 10.0 Å². The van der Waals surface area contributed by atoms with E-state index >= 15 is 0 Å². The standard InChI is InChI=1S/C21H29N5O2S/c1-16-12-18(24-29(27,28)11-5-10-25(2)3)15-26(14-16)20-8-7-17(13-22)21-19(20)6-4-9-23-21/h4,6-9,16,18,24H,5,10-12,14-15H2,1-3H3/t16-,18+/m0/s1. The van der Waals surface area contributed by atoms with Crippen molar-refractivity contribution in [2.45, 2.75) is 25.8 Å². The van der Waals surface area contributed by atoms with Crippen LogP contribution < -0.4 is 9.62 Å². The van der Waals surface area contributed by atoms with Gasteiger partial charge in [0.05, 0.1) is 16.8 Å². The highest BCUT2D eigenvalue weighted by Crippen LogP contribution is 2.31. The molecule has 0 amide bonds. The molecule has 0 spiro atoms. The van der Waals surface area contributed by atoms with Gasteiger partial charge in [-0.2, -0.15) is 5.26 Å². The van der Waals surface area contributed by atoms with E-state index in [1.54, 1.807) is 12.3 Å². The molecule has 29 heavy (non-hydrogen) atoms. The van der Waals surface area contributed by atoms with Crippen LogP contribution in [-0.2, 0) is 10.0 Å². The van der Waals surface area contributed by atoms with E-state index in [-0.39, 0.29) is 11.8 Å². The van der Waals surface area contributed by atoms with E-state index in [1.807, 2.05) is 37.2 Å². The molecule has 1 fully saturated rings. The molecular weight excluding hydrogens is 386 g/mol. The highest BCUT2D eigenvalue weighted by Gasteiger charge is 2.29. The Bertz CT molecular complexity index is 1000. The zero-order valence-corrected chi connectivity index (χ0v) is 18.1. The summed E-state index contributed by atoms with van der Waals surface area (Å²) in [7, 11) is 0.566. The van der Waals surface area contributed by atoms with Crippen LogP contribution >= 0.6 is 0 Å². The Morgan fingerprint density at radius 1 is 1.31 bits per heavy atom. The number of pyridine rings is 1. The maximum absolute atomic E-state index is 12.5. The number of nitrogens with one attached hydrogen (secondary N) is 1. The van der Waals surface area contributed by atoms with Crippen molar-refractivity contribution >= 4 is 26.6 Å². The van der Waals surface area contributed by atoms with Crippen LogP contribution in [0.25, 0.3) is 10.9 Å². The second-order valence-corrected chi connectivity index (χ2v) is 10.1. The zero-order chi connectivity index (χ0) is 21.0. The monoisotopic (exact) mass is 415 g/mol. The molecule has 2 atom stereocenters. The summed E-state index contributed by atoms with van der Waals surface area (Å²) in [4.78, 5) is 8.59. The molecule has 1 aromatic heterocycles. The molecule has 0 saturated carbocycles. The number of hydrogen-bond acceptors (Lipinski definition) is 6. The van der Waals surface area contributed by atoms with Gasteiger partial charge in [-0.05, 0) is 63.7 Å². The summed E-state index contributed by atoms with van der Waals surface area (Å²) >= 11 is 0. The SMILES string of the molecule is C[C@H]1C[C@@H](NS(=O)(=O)CCCN(C)C)CN(c2ccc(C#N)c3ncccc23)C1. The minimum atomic E-state index is -3.32. The zero-order valence-electron chi connectivity index (χ0n) is 17.3. The molecule has 1 saturated heterocycles. The molecule has 7 nitrogen and oxygen atoms in total. The van der Waals surface area contributed by atoms with E-state index in [0.29, 0.717) is 30.0 Å². The van der Waals surface area contributed by atoms with Crippen molar-refractivity contribution < 1.29 is 8.42 Å². The number of rotatable bonds is 7. The number of anilines is 1. The molecule has 0 bridgehead atoms. The number of nitriles is 1. The fraction of sp³-hybridized carbons (Fsp3) is 0.524. The molecule has 1 aliphatic heterocycles. The van der Waals surface area contributed by atoms with Crippen LogP contribution in [0.5, 0.6) is 0 Å². The van der Waals surface area contributed by atoms with E-state index in [1.165, 1.54) is 0 Å². The van der Waals surface area contributed by atoms with Gasteiger partial charge in [0.15, 0.2) is 0 Å². The second-order valence-electron chi connectivity index (χ2n) is 8.18. The Balaban J connectivity index is 1.79. The fourth-order valence-corrected chi connectivity index (χ4v) is 5.35. The van der Waals surface area contributed by atoms with Gasteiger partial charge < -0.3 is 9.80 Å². The van der Waals surface area contributed by atoms with Crippen LogP contribution in [0.15, 0.2) is 30.5 Å². The molecule has 0 radical (unpaired) electrons. The first kappa shape index (κ1) is 21.5. The molecule has 1 aromatic carbocycles. The van der Waals surface area contributed by atoms with Crippen molar-refractivity contribution in [2.75, 3.05) is 44.4 Å². The maximum Gasteiger partial charge on any atom is 0.211 e. The van der Waals surface area contributed by atoms with Crippen molar-refractivity contribution in [1.29, 1.82) is 5.26 Å². The lowest BCUT2D eigenvalue weighted by Gasteiger charge is -2.38. The van der Waals surface area contributed by atoms with Gasteiger partial charge in [-0.1, -0.05) is 6.92 Å². The van der Waals surface area contributed by atoms with Gasteiger partial charge in [0.1, 0.15) is 6.07 Å². The van der Waals surface area contributed by atoms with Crippen LogP contribution in [0.1, 0.15) is 25.3 Å². The molecule has 8 heteroatoms. The molecule has 1 N–H and O–H groups in total. The lowest BCUT2D eigenvalue weighted by Crippen LogP contribution is -2.51. The first-order valence-electron chi connectivity index (χ1n) is 9.96. The number of nitrogens with zero attached hydrogens (tertiary/aromatic N) is 4. The minimum Gasteiger partial charge on any atom is -0.369 e. The first-order chi connectivity index (χ1) is 13.8. The molecule has 2 heterocycles. The molecule has 3 rings (SSSR count). The number of hydrogen-bond donors (Lipinski definition) is 1. The summed E-state index contributed by atoms with van der Waals surface area (Å²) < 4.78 is 28.0. The Hall–Kier alpha value is -2.21. The molecule has 0 aliphatic carbocycles. The van der Waals surface area contributed by atoms with E-state index in [4.69, 9.17) is 0 Å². The third-order valence-corrected chi connectivity index (χ3v) is 6.75. The Labute approximate surface area is 173 Å². The minimum absolute atomic E-state index is 0.134. The van der Waals surface area contributed by atoms with Gasteiger partial charge in [0.25, 0.3) is 0 Å². The number of aromatic nitrogens is 1. The van der Waals surface area contributed by atoms with E-state index in [9.17, 15) is 13.7 Å². The summed E-state index contributed by atoms with van der Waals surface area (Å²) in [5.41, 5.74) is 2.23. The van der Waals surface area contributed by atoms with Crippen molar-refractivity contribution in [3.63, 3.8) is 0 Å². The van der Waals surface area contributed by atoms with Crippen LogP contribution in [0, 0.1) is 17.2 Å². The van der Waals surface area contributed by atoms with Gasteiger partial charge in [-0.15, -0.1) is 0 Å². The summed E-state index contributed by atoms with van der Waals surface area (Å²) in [5.74, 6) is 0.486. The van der Waals surface area contributed by atoms with Gasteiger partial charge in [-0.25, -0.2) is 13.1 Å². The van der Waals surface area contributed by atoms with Crippen LogP contribution in [0.4, 0.5) is 5.69 Å². The molecular formula is C21H29N5O2S. The summed E-state index contributed by atoms with van der Waals surface area (Å²) in [6.45, 7) is 4.34. The molecule has 2 aromatic rings. The van der Waals surface area contributed by atoms with Crippen LogP contribution in [0.3, 0.4) is 0 Å². The summed E-state index contributed by atoms with van der Waals surface area (Å²) in [5, 5.41) is 10.3. The van der Waals surface area contributed by atoms with E-state index in [0.717, 1.165) is 30.6 Å². The maximum atomic E-state index is 12.5. The smallest absolute Gasteiger partial charge is 0.211 e. The number of sulfonamides is 1. The van der Waals surface area contributed by atoms with Crippen molar-refractivity contribution in [2.24, 2.45) is 5.92 Å². The molecule has 0 unspecified atom stereocenters. The van der Waals surface area contributed by atoms with Crippen molar-refractivity contribution in [1.82, 2.24) is 14.6 Å². The summed E-state index contributed by atoms with van der Waals surface area (Å²) in [6.07, 6.45) is 3.12. The van der Waals surface area contributed by atoms with Crippen molar-refractivity contribution in [3.8, 4) is 6.07 Å². The third-order valence-electron chi connectivity index (χ3n) is 5.23. The molecule has 1 aliphatic rings. The van der Waals surface area contributed by atoms with E-state index < -0.39 is 10.0 Å². The predicted molar refractivity (Wildman–Crippen MR) is 116 cm³/mol. The topological polar surface area (TPSA) is 89.3 Å². The number of piperidine rings is 1. The fourth-order valence-electron chi connectivity index (χ4n) is 4.04. The Kier molecular flexibility index (Phi) is 6.73. The van der Waals surface area contributed by atoms with Crippen LogP contribution in [0.2, 0.25) is 0 Å². The van der Waals surface area contributed by atoms with Gasteiger partial charge >= 0.3 is 0 Å². The highest BCUT2D eigenvalue weighted by atomic mass is 32.2.